The number of nitro benzene ring substituents is 1. The first-order chi connectivity index (χ1) is 8.56. The maximum Gasteiger partial charge on any atom is 0.311 e. The number of aryl methyl sites for hydroxylation is 1. The van der Waals surface area contributed by atoms with E-state index in [0.717, 1.165) is 23.2 Å². The number of aromatic nitrogens is 1. The number of hydrogen-bond donors (Lipinski definition) is 0. The van der Waals surface area contributed by atoms with E-state index in [2.05, 4.69) is 4.98 Å². The van der Waals surface area contributed by atoms with E-state index in [1.54, 1.807) is 5.38 Å². The van der Waals surface area contributed by atoms with Crippen LogP contribution in [-0.2, 0) is 6.61 Å². The summed E-state index contributed by atoms with van der Waals surface area (Å²) in [7, 11) is 0. The fourth-order valence-corrected chi connectivity index (χ4v) is 1.98. The second-order valence-electron chi connectivity index (χ2n) is 3.52. The van der Waals surface area contributed by atoms with Crippen molar-refractivity contribution in [2.75, 3.05) is 0 Å². The molecule has 0 aliphatic carbocycles. The van der Waals surface area contributed by atoms with Crippen LogP contribution in [-0.4, -0.2) is 9.91 Å². The van der Waals surface area contributed by atoms with Gasteiger partial charge in [0, 0.05) is 17.5 Å². The molecule has 5 nitrogen and oxygen atoms in total. The van der Waals surface area contributed by atoms with E-state index in [1.165, 1.54) is 11.3 Å². The van der Waals surface area contributed by atoms with Crippen molar-refractivity contribution in [1.82, 2.24) is 4.98 Å². The molecule has 0 N–H and O–H groups in total. The van der Waals surface area contributed by atoms with Gasteiger partial charge in [0.1, 0.15) is 12.4 Å². The summed E-state index contributed by atoms with van der Waals surface area (Å²) in [5.41, 5.74) is 0.402. The number of thiazole rings is 1. The van der Waals surface area contributed by atoms with Gasteiger partial charge in [-0.1, -0.05) is 0 Å². The fourth-order valence-electron chi connectivity index (χ4n) is 1.38. The highest BCUT2D eigenvalue weighted by Gasteiger charge is 2.16. The van der Waals surface area contributed by atoms with Crippen molar-refractivity contribution in [3.8, 4) is 5.75 Å². The first-order valence-electron chi connectivity index (χ1n) is 5.04. The van der Waals surface area contributed by atoms with Crippen LogP contribution in [0.15, 0.2) is 23.6 Å². The molecule has 0 spiro atoms. The Labute approximate surface area is 106 Å². The van der Waals surface area contributed by atoms with Crippen LogP contribution >= 0.6 is 11.3 Å². The molecule has 2 aromatic rings. The summed E-state index contributed by atoms with van der Waals surface area (Å²) < 4.78 is 18.3. The maximum atomic E-state index is 13.0. The quantitative estimate of drug-likeness (QED) is 0.631. The summed E-state index contributed by atoms with van der Waals surface area (Å²) in [6.45, 7) is 1.92. The van der Waals surface area contributed by atoms with Crippen LogP contribution in [0.3, 0.4) is 0 Å². The van der Waals surface area contributed by atoms with Crippen molar-refractivity contribution in [3.05, 3.63) is 50.2 Å². The van der Waals surface area contributed by atoms with E-state index in [0.29, 0.717) is 5.69 Å². The molecule has 1 heterocycles. The van der Waals surface area contributed by atoms with E-state index >= 15 is 0 Å². The van der Waals surface area contributed by atoms with Crippen LogP contribution in [0.4, 0.5) is 10.1 Å². The summed E-state index contributed by atoms with van der Waals surface area (Å²) in [5, 5.41) is 13.4. The van der Waals surface area contributed by atoms with Crippen LogP contribution in [0.2, 0.25) is 0 Å². The van der Waals surface area contributed by atoms with Gasteiger partial charge in [0.15, 0.2) is 5.75 Å². The topological polar surface area (TPSA) is 65.3 Å². The lowest BCUT2D eigenvalue weighted by Gasteiger charge is -2.04. The van der Waals surface area contributed by atoms with Gasteiger partial charge in [0.2, 0.25) is 0 Å². The van der Waals surface area contributed by atoms with Gasteiger partial charge in [-0.05, 0) is 13.0 Å². The Bertz CT molecular complexity index is 585. The molecule has 0 bridgehead atoms. The van der Waals surface area contributed by atoms with Crippen molar-refractivity contribution in [2.45, 2.75) is 13.5 Å². The van der Waals surface area contributed by atoms with E-state index in [9.17, 15) is 14.5 Å². The largest absolute Gasteiger partial charge is 0.480 e. The molecule has 2 rings (SSSR count). The molecule has 0 saturated heterocycles. The van der Waals surface area contributed by atoms with Gasteiger partial charge in [-0.2, -0.15) is 0 Å². The minimum Gasteiger partial charge on any atom is -0.480 e. The zero-order chi connectivity index (χ0) is 13.1. The SMILES string of the molecule is Cc1nc(COc2cc(F)ccc2[N+](=O)[O-])cs1. The summed E-state index contributed by atoms with van der Waals surface area (Å²) in [4.78, 5) is 14.3. The number of ether oxygens (including phenoxy) is 1. The third kappa shape index (κ3) is 2.80. The van der Waals surface area contributed by atoms with Gasteiger partial charge in [0.25, 0.3) is 0 Å². The average molecular weight is 268 g/mol. The van der Waals surface area contributed by atoms with Crippen LogP contribution in [0.25, 0.3) is 0 Å². The predicted octanol–water partition coefficient (Wildman–Crippen LogP) is 3.08. The lowest BCUT2D eigenvalue weighted by molar-refractivity contribution is -0.386. The maximum absolute atomic E-state index is 13.0. The van der Waals surface area contributed by atoms with Gasteiger partial charge in [-0.25, -0.2) is 9.37 Å². The number of hydrogen-bond acceptors (Lipinski definition) is 5. The number of benzene rings is 1. The van der Waals surface area contributed by atoms with E-state index < -0.39 is 10.7 Å². The highest BCUT2D eigenvalue weighted by Crippen LogP contribution is 2.28. The number of rotatable bonds is 4. The van der Waals surface area contributed by atoms with E-state index in [1.807, 2.05) is 6.92 Å². The normalized spacial score (nSPS) is 10.3. The molecule has 0 saturated carbocycles. The van der Waals surface area contributed by atoms with Crippen LogP contribution in [0.5, 0.6) is 5.75 Å². The van der Waals surface area contributed by atoms with Crippen molar-refractivity contribution < 1.29 is 14.1 Å². The Morgan fingerprint density at radius 2 is 2.33 bits per heavy atom. The summed E-state index contributed by atoms with van der Waals surface area (Å²) in [5.74, 6) is -0.671. The van der Waals surface area contributed by atoms with Crippen molar-refractivity contribution in [3.63, 3.8) is 0 Å². The molecule has 18 heavy (non-hydrogen) atoms. The zero-order valence-electron chi connectivity index (χ0n) is 9.42. The first-order valence-corrected chi connectivity index (χ1v) is 5.92. The van der Waals surface area contributed by atoms with Crippen LogP contribution < -0.4 is 4.74 Å². The Balaban J connectivity index is 2.17. The fraction of sp³-hybridized carbons (Fsp3) is 0.182. The first kappa shape index (κ1) is 12.4. The molecule has 0 radical (unpaired) electrons. The predicted molar refractivity (Wildman–Crippen MR) is 64.2 cm³/mol. The molecule has 1 aromatic heterocycles. The molecule has 0 unspecified atom stereocenters. The molecular formula is C11H9FN2O3S. The highest BCUT2D eigenvalue weighted by atomic mass is 32.1. The molecule has 7 heteroatoms. The molecule has 0 fully saturated rings. The van der Waals surface area contributed by atoms with Crippen LogP contribution in [0, 0.1) is 22.9 Å². The third-order valence-electron chi connectivity index (χ3n) is 2.16. The third-order valence-corrected chi connectivity index (χ3v) is 2.98. The summed E-state index contributed by atoms with van der Waals surface area (Å²) in [6, 6.07) is 3.10. The smallest absolute Gasteiger partial charge is 0.311 e. The van der Waals surface area contributed by atoms with Crippen molar-refractivity contribution in [2.24, 2.45) is 0 Å². The molecule has 1 aromatic carbocycles. The average Bonchev–Trinajstić information content (AvgIpc) is 2.72. The minimum absolute atomic E-state index is 0.0780. The Kier molecular flexibility index (Phi) is 3.52. The van der Waals surface area contributed by atoms with E-state index in [-0.39, 0.29) is 18.0 Å². The minimum atomic E-state index is -0.610. The van der Waals surface area contributed by atoms with Crippen LogP contribution in [0.1, 0.15) is 10.7 Å². The molecule has 0 aliphatic heterocycles. The molecule has 94 valence electrons. The van der Waals surface area contributed by atoms with Gasteiger partial charge in [-0.15, -0.1) is 11.3 Å². The Morgan fingerprint density at radius 3 is 2.94 bits per heavy atom. The molecule has 0 amide bonds. The lowest BCUT2D eigenvalue weighted by atomic mass is 10.3. The van der Waals surface area contributed by atoms with Gasteiger partial charge < -0.3 is 4.74 Å². The second kappa shape index (κ2) is 5.09. The van der Waals surface area contributed by atoms with Crippen molar-refractivity contribution in [1.29, 1.82) is 0 Å². The van der Waals surface area contributed by atoms with Gasteiger partial charge in [0.05, 0.1) is 15.6 Å². The summed E-state index contributed by atoms with van der Waals surface area (Å²) >= 11 is 1.45. The van der Waals surface area contributed by atoms with Crippen molar-refractivity contribution >= 4 is 17.0 Å². The number of nitro groups is 1. The Hall–Kier alpha value is -2.02. The molecule has 0 aliphatic rings. The molecular weight excluding hydrogens is 259 g/mol. The molecule has 0 atom stereocenters. The Morgan fingerprint density at radius 1 is 1.56 bits per heavy atom. The van der Waals surface area contributed by atoms with E-state index in [4.69, 9.17) is 4.74 Å². The summed E-state index contributed by atoms with van der Waals surface area (Å²) in [6.07, 6.45) is 0. The monoisotopic (exact) mass is 268 g/mol. The number of halogens is 1. The second-order valence-corrected chi connectivity index (χ2v) is 4.58. The standard InChI is InChI=1S/C11H9FN2O3S/c1-7-13-9(6-18-7)5-17-11-4-8(12)2-3-10(11)14(15)16/h2-4,6H,5H2,1H3. The zero-order valence-corrected chi connectivity index (χ0v) is 10.2. The van der Waals surface area contributed by atoms with Gasteiger partial charge >= 0.3 is 5.69 Å². The highest BCUT2D eigenvalue weighted by molar-refractivity contribution is 7.09. The van der Waals surface area contributed by atoms with Gasteiger partial charge in [-0.3, -0.25) is 10.1 Å². The number of nitrogens with zero attached hydrogens (tertiary/aromatic N) is 2. The lowest BCUT2D eigenvalue weighted by Crippen LogP contribution is -2.00.